The lowest BCUT2D eigenvalue weighted by atomic mass is 10.1. The summed E-state index contributed by atoms with van der Waals surface area (Å²) < 4.78 is 5.48. The zero-order valence-corrected chi connectivity index (χ0v) is 12.3. The molecule has 1 atom stereocenters. The van der Waals surface area contributed by atoms with Crippen molar-refractivity contribution in [2.24, 2.45) is 0 Å². The van der Waals surface area contributed by atoms with Crippen LogP contribution >= 0.6 is 0 Å². The summed E-state index contributed by atoms with van der Waals surface area (Å²) in [5.41, 5.74) is 0. The maximum atomic E-state index is 5.48. The third-order valence-corrected chi connectivity index (χ3v) is 3.54. The largest absolute Gasteiger partial charge is 0.380 e. The number of aromatic nitrogens is 2. The molecule has 1 unspecified atom stereocenters. The van der Waals surface area contributed by atoms with Crippen molar-refractivity contribution in [3.63, 3.8) is 0 Å². The second-order valence-corrected chi connectivity index (χ2v) is 5.32. The van der Waals surface area contributed by atoms with E-state index in [4.69, 9.17) is 9.72 Å². The van der Waals surface area contributed by atoms with Gasteiger partial charge >= 0.3 is 0 Å². The molecule has 0 radical (unpaired) electrons. The minimum atomic E-state index is 0.309. The summed E-state index contributed by atoms with van der Waals surface area (Å²) in [7, 11) is 3.68. The van der Waals surface area contributed by atoms with Crippen LogP contribution in [0.4, 0.5) is 11.6 Å². The van der Waals surface area contributed by atoms with Crippen LogP contribution in [-0.4, -0.2) is 43.3 Å². The number of ether oxygens (including phenoxy) is 1. The molecule has 2 heterocycles. The summed E-state index contributed by atoms with van der Waals surface area (Å²) in [5, 5.41) is 3.12. The maximum Gasteiger partial charge on any atom is 0.135 e. The van der Waals surface area contributed by atoms with Gasteiger partial charge in [-0.15, -0.1) is 0 Å². The molecule has 0 amide bonds. The molecule has 19 heavy (non-hydrogen) atoms. The van der Waals surface area contributed by atoms with E-state index in [1.54, 1.807) is 7.11 Å². The zero-order chi connectivity index (χ0) is 13.8. The summed E-state index contributed by atoms with van der Waals surface area (Å²) in [6.45, 7) is 6.19. The van der Waals surface area contributed by atoms with Gasteiger partial charge in [0.05, 0.1) is 6.10 Å². The van der Waals surface area contributed by atoms with Crippen LogP contribution < -0.4 is 10.2 Å². The molecule has 1 aromatic heterocycles. The Labute approximate surface area is 115 Å². The van der Waals surface area contributed by atoms with E-state index in [2.05, 4.69) is 29.0 Å². The first-order valence-corrected chi connectivity index (χ1v) is 6.98. The van der Waals surface area contributed by atoms with Gasteiger partial charge in [0.25, 0.3) is 0 Å². The van der Waals surface area contributed by atoms with E-state index in [0.717, 1.165) is 43.4 Å². The third kappa shape index (κ3) is 3.35. The Morgan fingerprint density at radius 1 is 1.42 bits per heavy atom. The summed E-state index contributed by atoms with van der Waals surface area (Å²) in [6.07, 6.45) is 2.59. The fraction of sp³-hybridized carbons (Fsp3) is 0.714. The van der Waals surface area contributed by atoms with E-state index in [9.17, 15) is 0 Å². The first kappa shape index (κ1) is 14.1. The Morgan fingerprint density at radius 2 is 2.21 bits per heavy atom. The molecule has 0 saturated carbocycles. The van der Waals surface area contributed by atoms with Gasteiger partial charge in [0.15, 0.2) is 0 Å². The lowest BCUT2D eigenvalue weighted by Crippen LogP contribution is -2.39. The second-order valence-electron chi connectivity index (χ2n) is 5.32. The number of nitrogens with zero attached hydrogens (tertiary/aromatic N) is 3. The van der Waals surface area contributed by atoms with E-state index in [-0.39, 0.29) is 0 Å². The van der Waals surface area contributed by atoms with Crippen LogP contribution in [0.1, 0.15) is 38.4 Å². The number of hydrogen-bond acceptors (Lipinski definition) is 5. The van der Waals surface area contributed by atoms with Crippen molar-refractivity contribution >= 4 is 11.6 Å². The van der Waals surface area contributed by atoms with Gasteiger partial charge in [0, 0.05) is 39.2 Å². The van der Waals surface area contributed by atoms with E-state index >= 15 is 0 Å². The number of piperidine rings is 1. The molecule has 106 valence electrons. The fourth-order valence-corrected chi connectivity index (χ4v) is 2.34. The van der Waals surface area contributed by atoms with Crippen LogP contribution in [0.5, 0.6) is 0 Å². The van der Waals surface area contributed by atoms with Gasteiger partial charge in [0.2, 0.25) is 0 Å². The Morgan fingerprint density at radius 3 is 2.84 bits per heavy atom. The zero-order valence-electron chi connectivity index (χ0n) is 12.3. The van der Waals surface area contributed by atoms with Gasteiger partial charge in [0.1, 0.15) is 17.5 Å². The van der Waals surface area contributed by atoms with Crippen LogP contribution in [0.3, 0.4) is 0 Å². The number of methoxy groups -OCH3 is 1. The molecule has 1 aliphatic heterocycles. The van der Waals surface area contributed by atoms with Gasteiger partial charge < -0.3 is 15.0 Å². The van der Waals surface area contributed by atoms with Crippen molar-refractivity contribution in [1.82, 2.24) is 9.97 Å². The summed E-state index contributed by atoms with van der Waals surface area (Å²) >= 11 is 0. The lowest BCUT2D eigenvalue weighted by molar-refractivity contribution is 0.0891. The molecule has 5 heteroatoms. The Hall–Kier alpha value is -1.36. The Bertz CT molecular complexity index is 422. The first-order chi connectivity index (χ1) is 9.13. The number of anilines is 2. The van der Waals surface area contributed by atoms with Crippen molar-refractivity contribution in [2.45, 2.75) is 38.7 Å². The second kappa shape index (κ2) is 6.19. The van der Waals surface area contributed by atoms with Crippen LogP contribution in [-0.2, 0) is 4.74 Å². The molecular formula is C14H24N4O. The summed E-state index contributed by atoms with van der Waals surface area (Å²) in [5.74, 6) is 3.11. The smallest absolute Gasteiger partial charge is 0.135 e. The van der Waals surface area contributed by atoms with Crippen molar-refractivity contribution in [3.05, 3.63) is 11.9 Å². The van der Waals surface area contributed by atoms with E-state index in [0.29, 0.717) is 12.0 Å². The van der Waals surface area contributed by atoms with Crippen LogP contribution in [0.2, 0.25) is 0 Å². The molecule has 0 spiro atoms. The van der Waals surface area contributed by atoms with Crippen LogP contribution in [0.25, 0.3) is 0 Å². The fourth-order valence-electron chi connectivity index (χ4n) is 2.34. The molecule has 1 saturated heterocycles. The van der Waals surface area contributed by atoms with Crippen molar-refractivity contribution < 1.29 is 4.74 Å². The van der Waals surface area contributed by atoms with Crippen LogP contribution in [0.15, 0.2) is 6.07 Å². The topological polar surface area (TPSA) is 50.3 Å². The van der Waals surface area contributed by atoms with Crippen molar-refractivity contribution in [1.29, 1.82) is 0 Å². The Kier molecular flexibility index (Phi) is 4.58. The molecule has 0 aliphatic carbocycles. The van der Waals surface area contributed by atoms with E-state index < -0.39 is 0 Å². The SMILES string of the molecule is CNc1cc(N2CCCC(OC)C2)nc(C(C)C)n1. The molecule has 5 nitrogen and oxygen atoms in total. The highest BCUT2D eigenvalue weighted by atomic mass is 16.5. The highest BCUT2D eigenvalue weighted by Crippen LogP contribution is 2.23. The summed E-state index contributed by atoms with van der Waals surface area (Å²) in [6, 6.07) is 2.02. The molecule has 2 rings (SSSR count). The van der Waals surface area contributed by atoms with Gasteiger partial charge in [-0.3, -0.25) is 0 Å². The Balaban J connectivity index is 2.25. The van der Waals surface area contributed by atoms with Gasteiger partial charge in [-0.2, -0.15) is 0 Å². The molecule has 1 N–H and O–H groups in total. The normalized spacial score (nSPS) is 19.8. The highest BCUT2D eigenvalue weighted by Gasteiger charge is 2.21. The molecule has 1 fully saturated rings. The minimum absolute atomic E-state index is 0.309. The number of hydrogen-bond donors (Lipinski definition) is 1. The molecule has 0 bridgehead atoms. The quantitative estimate of drug-likeness (QED) is 0.904. The van der Waals surface area contributed by atoms with Gasteiger partial charge in [-0.1, -0.05) is 13.8 Å². The average molecular weight is 264 g/mol. The first-order valence-electron chi connectivity index (χ1n) is 6.98. The monoisotopic (exact) mass is 264 g/mol. The van der Waals surface area contributed by atoms with Crippen LogP contribution in [0, 0.1) is 0 Å². The predicted octanol–water partition coefficient (Wildman–Crippen LogP) is 2.26. The number of rotatable bonds is 4. The van der Waals surface area contributed by atoms with Crippen molar-refractivity contribution in [3.8, 4) is 0 Å². The van der Waals surface area contributed by atoms with E-state index in [1.807, 2.05) is 13.1 Å². The number of nitrogens with one attached hydrogen (secondary N) is 1. The lowest BCUT2D eigenvalue weighted by Gasteiger charge is -2.33. The predicted molar refractivity (Wildman–Crippen MR) is 77.9 cm³/mol. The van der Waals surface area contributed by atoms with E-state index in [1.165, 1.54) is 0 Å². The maximum absolute atomic E-state index is 5.48. The third-order valence-electron chi connectivity index (χ3n) is 3.54. The molecule has 1 aromatic rings. The molecule has 1 aliphatic rings. The standard InChI is InChI=1S/C14H24N4O/c1-10(2)14-16-12(15-3)8-13(17-14)18-7-5-6-11(9-18)19-4/h8,10-11H,5-7,9H2,1-4H3,(H,15,16,17). The van der Waals surface area contributed by atoms with Gasteiger partial charge in [-0.05, 0) is 12.8 Å². The summed E-state index contributed by atoms with van der Waals surface area (Å²) in [4.78, 5) is 11.5. The molecule has 0 aromatic carbocycles. The average Bonchev–Trinajstić information content (AvgIpc) is 2.46. The minimum Gasteiger partial charge on any atom is -0.380 e. The van der Waals surface area contributed by atoms with Gasteiger partial charge in [-0.25, -0.2) is 9.97 Å². The van der Waals surface area contributed by atoms with Crippen molar-refractivity contribution in [2.75, 3.05) is 37.5 Å². The highest BCUT2D eigenvalue weighted by molar-refractivity contribution is 5.49. The molecular weight excluding hydrogens is 240 g/mol.